The second kappa shape index (κ2) is 5.14. The average molecular weight is 299 g/mol. The molecule has 21 heavy (non-hydrogen) atoms. The number of rotatable bonds is 3. The number of hydrogen-bond donors (Lipinski definition) is 3. The van der Waals surface area contributed by atoms with Crippen LogP contribution in [0.4, 0.5) is 5.69 Å². The minimum Gasteiger partial charge on any atom is -0.478 e. The third-order valence-corrected chi connectivity index (χ3v) is 4.04. The molecule has 3 aromatic rings. The number of nitrogens with zero attached hydrogens (tertiary/aromatic N) is 1. The van der Waals surface area contributed by atoms with E-state index in [2.05, 4.69) is 9.97 Å². The highest BCUT2D eigenvalue weighted by atomic mass is 32.2. The number of aromatic amines is 1. The molecule has 0 aliphatic rings. The van der Waals surface area contributed by atoms with Gasteiger partial charge in [-0.2, -0.15) is 0 Å². The predicted octanol–water partition coefficient (Wildman–Crippen LogP) is 3.30. The van der Waals surface area contributed by atoms with Gasteiger partial charge in [0.25, 0.3) is 0 Å². The van der Waals surface area contributed by atoms with Crippen molar-refractivity contribution in [1.29, 1.82) is 0 Å². The van der Waals surface area contributed by atoms with Crippen molar-refractivity contribution in [2.45, 2.75) is 17.0 Å². The van der Waals surface area contributed by atoms with Crippen LogP contribution in [0.2, 0.25) is 0 Å². The Bertz CT molecular complexity index is 842. The molecular weight excluding hydrogens is 286 g/mol. The van der Waals surface area contributed by atoms with Crippen LogP contribution >= 0.6 is 11.8 Å². The lowest BCUT2D eigenvalue weighted by molar-refractivity contribution is 0.0696. The van der Waals surface area contributed by atoms with Gasteiger partial charge in [0.2, 0.25) is 0 Å². The fourth-order valence-electron chi connectivity index (χ4n) is 2.01. The van der Waals surface area contributed by atoms with Crippen molar-refractivity contribution in [2.75, 3.05) is 5.73 Å². The number of nitrogen functional groups attached to an aromatic ring is 1. The first-order valence-corrected chi connectivity index (χ1v) is 7.11. The van der Waals surface area contributed by atoms with Crippen LogP contribution in [0.3, 0.4) is 0 Å². The number of hydrogen-bond acceptors (Lipinski definition) is 4. The first-order valence-electron chi connectivity index (χ1n) is 6.30. The van der Waals surface area contributed by atoms with E-state index in [1.165, 1.54) is 17.8 Å². The molecule has 0 amide bonds. The zero-order valence-electron chi connectivity index (χ0n) is 11.3. The number of benzene rings is 2. The molecule has 0 aliphatic heterocycles. The molecule has 0 unspecified atom stereocenters. The number of H-pyrrole nitrogens is 1. The Balaban J connectivity index is 1.98. The summed E-state index contributed by atoms with van der Waals surface area (Å²) in [6.07, 6.45) is 0. The van der Waals surface area contributed by atoms with Crippen molar-refractivity contribution in [3.8, 4) is 0 Å². The number of aryl methyl sites for hydroxylation is 1. The van der Waals surface area contributed by atoms with E-state index in [9.17, 15) is 4.79 Å². The SMILES string of the molecule is Cc1ccc2nc(Sc3cc(C(=O)O)ccc3N)[nH]c2c1. The molecule has 4 N–H and O–H groups in total. The summed E-state index contributed by atoms with van der Waals surface area (Å²) in [5.74, 6) is -0.975. The minimum atomic E-state index is -0.975. The summed E-state index contributed by atoms with van der Waals surface area (Å²) in [5, 5.41) is 9.72. The van der Waals surface area contributed by atoms with Gasteiger partial charge in [-0.1, -0.05) is 6.07 Å². The van der Waals surface area contributed by atoms with E-state index in [4.69, 9.17) is 10.8 Å². The lowest BCUT2D eigenvalue weighted by atomic mass is 10.2. The van der Waals surface area contributed by atoms with Gasteiger partial charge in [0.05, 0.1) is 16.6 Å². The monoisotopic (exact) mass is 299 g/mol. The smallest absolute Gasteiger partial charge is 0.335 e. The standard InChI is InChI=1S/C15H13N3O2S/c1-8-2-5-11-12(6-8)18-15(17-11)21-13-7-9(14(19)20)3-4-10(13)16/h2-7H,16H2,1H3,(H,17,18)(H,19,20). The number of nitrogens with one attached hydrogen (secondary N) is 1. The maximum atomic E-state index is 11.0. The zero-order valence-corrected chi connectivity index (χ0v) is 12.1. The van der Waals surface area contributed by atoms with Gasteiger partial charge < -0.3 is 15.8 Å². The normalized spacial score (nSPS) is 10.9. The second-order valence-electron chi connectivity index (χ2n) is 4.72. The van der Waals surface area contributed by atoms with E-state index in [0.29, 0.717) is 15.7 Å². The van der Waals surface area contributed by atoms with E-state index >= 15 is 0 Å². The van der Waals surface area contributed by atoms with Crippen molar-refractivity contribution in [3.63, 3.8) is 0 Å². The Morgan fingerprint density at radius 2 is 2.10 bits per heavy atom. The van der Waals surface area contributed by atoms with Crippen molar-refractivity contribution in [2.24, 2.45) is 0 Å². The third-order valence-electron chi connectivity index (χ3n) is 3.08. The number of aromatic carboxylic acids is 1. The number of imidazole rings is 1. The summed E-state index contributed by atoms with van der Waals surface area (Å²) < 4.78 is 0. The molecule has 6 heteroatoms. The molecular formula is C15H13N3O2S. The number of carboxylic acid groups (broad SMARTS) is 1. The summed E-state index contributed by atoms with van der Waals surface area (Å²) in [7, 11) is 0. The highest BCUT2D eigenvalue weighted by Gasteiger charge is 2.10. The highest BCUT2D eigenvalue weighted by molar-refractivity contribution is 7.99. The molecule has 5 nitrogen and oxygen atoms in total. The van der Waals surface area contributed by atoms with E-state index < -0.39 is 5.97 Å². The van der Waals surface area contributed by atoms with Crippen molar-refractivity contribution >= 4 is 34.5 Å². The van der Waals surface area contributed by atoms with Crippen LogP contribution in [-0.2, 0) is 0 Å². The fourth-order valence-corrected chi connectivity index (χ4v) is 2.89. The Labute approximate surface area is 125 Å². The summed E-state index contributed by atoms with van der Waals surface area (Å²) >= 11 is 1.32. The van der Waals surface area contributed by atoms with Gasteiger partial charge in [-0.3, -0.25) is 0 Å². The van der Waals surface area contributed by atoms with Crippen LogP contribution in [0.5, 0.6) is 0 Å². The van der Waals surface area contributed by atoms with Crippen LogP contribution in [-0.4, -0.2) is 21.0 Å². The van der Waals surface area contributed by atoms with Gasteiger partial charge in [0, 0.05) is 10.6 Å². The van der Waals surface area contributed by atoms with Gasteiger partial charge in [-0.15, -0.1) is 0 Å². The van der Waals surface area contributed by atoms with Crippen molar-refractivity contribution in [1.82, 2.24) is 9.97 Å². The Morgan fingerprint density at radius 3 is 2.86 bits per heavy atom. The number of anilines is 1. The maximum absolute atomic E-state index is 11.0. The largest absolute Gasteiger partial charge is 0.478 e. The van der Waals surface area contributed by atoms with Gasteiger partial charge >= 0.3 is 5.97 Å². The van der Waals surface area contributed by atoms with E-state index in [-0.39, 0.29) is 5.56 Å². The fraction of sp³-hybridized carbons (Fsp3) is 0.0667. The van der Waals surface area contributed by atoms with Crippen molar-refractivity contribution in [3.05, 3.63) is 47.5 Å². The third kappa shape index (κ3) is 2.71. The number of carbonyl (C=O) groups is 1. The van der Waals surface area contributed by atoms with E-state index in [1.807, 2.05) is 25.1 Å². The Hall–Kier alpha value is -2.47. The van der Waals surface area contributed by atoms with Crippen LogP contribution in [0.1, 0.15) is 15.9 Å². The van der Waals surface area contributed by atoms with Crippen molar-refractivity contribution < 1.29 is 9.90 Å². The predicted molar refractivity (Wildman–Crippen MR) is 82.8 cm³/mol. The van der Waals surface area contributed by atoms with Gasteiger partial charge in [-0.25, -0.2) is 9.78 Å². The molecule has 1 heterocycles. The molecule has 2 aromatic carbocycles. The zero-order chi connectivity index (χ0) is 15.0. The van der Waals surface area contributed by atoms with Crippen LogP contribution < -0.4 is 5.73 Å². The molecule has 0 atom stereocenters. The number of nitrogens with two attached hydrogens (primary N) is 1. The first-order chi connectivity index (χ1) is 10.0. The second-order valence-corrected chi connectivity index (χ2v) is 5.75. The molecule has 0 bridgehead atoms. The Kier molecular flexibility index (Phi) is 3.31. The van der Waals surface area contributed by atoms with Gasteiger partial charge in [0.1, 0.15) is 0 Å². The van der Waals surface area contributed by atoms with E-state index in [1.54, 1.807) is 12.1 Å². The lowest BCUT2D eigenvalue weighted by Crippen LogP contribution is -1.98. The molecule has 106 valence electrons. The number of aromatic nitrogens is 2. The quantitative estimate of drug-likeness (QED) is 0.645. The summed E-state index contributed by atoms with van der Waals surface area (Å²) in [5.41, 5.74) is 9.61. The minimum absolute atomic E-state index is 0.207. The molecule has 0 aliphatic carbocycles. The molecule has 3 rings (SSSR count). The number of fused-ring (bicyclic) bond motifs is 1. The van der Waals surface area contributed by atoms with Gasteiger partial charge in [0.15, 0.2) is 5.16 Å². The topological polar surface area (TPSA) is 92.0 Å². The van der Waals surface area contributed by atoms with Crippen LogP contribution in [0.15, 0.2) is 46.5 Å². The number of carboxylic acids is 1. The van der Waals surface area contributed by atoms with Crippen LogP contribution in [0, 0.1) is 6.92 Å². The van der Waals surface area contributed by atoms with Crippen LogP contribution in [0.25, 0.3) is 11.0 Å². The van der Waals surface area contributed by atoms with E-state index in [0.717, 1.165) is 16.6 Å². The lowest BCUT2D eigenvalue weighted by Gasteiger charge is -2.04. The molecule has 0 radical (unpaired) electrons. The summed E-state index contributed by atoms with van der Waals surface area (Å²) in [6, 6.07) is 10.6. The molecule has 0 saturated carbocycles. The van der Waals surface area contributed by atoms with Gasteiger partial charge in [-0.05, 0) is 54.6 Å². The molecule has 0 saturated heterocycles. The molecule has 0 fully saturated rings. The summed E-state index contributed by atoms with van der Waals surface area (Å²) in [6.45, 7) is 2.02. The maximum Gasteiger partial charge on any atom is 0.335 e. The molecule has 0 spiro atoms. The highest BCUT2D eigenvalue weighted by Crippen LogP contribution is 2.32. The summed E-state index contributed by atoms with van der Waals surface area (Å²) in [4.78, 5) is 19.4. The average Bonchev–Trinajstić information content (AvgIpc) is 2.82. The Morgan fingerprint density at radius 1 is 1.29 bits per heavy atom. The first kappa shape index (κ1) is 13.5. The molecule has 1 aromatic heterocycles.